The first-order chi connectivity index (χ1) is 9.24. The lowest BCUT2D eigenvalue weighted by Gasteiger charge is -2.37. The van der Waals surface area contributed by atoms with Crippen LogP contribution in [0.3, 0.4) is 0 Å². The fourth-order valence-electron chi connectivity index (χ4n) is 5.43. The molecule has 3 heteroatoms. The van der Waals surface area contributed by atoms with Gasteiger partial charge in [-0.05, 0) is 68.6 Å². The van der Waals surface area contributed by atoms with Crippen molar-refractivity contribution in [1.29, 1.82) is 0 Å². The third-order valence-corrected chi connectivity index (χ3v) is 6.68. The molecule has 4 saturated carbocycles. The van der Waals surface area contributed by atoms with Gasteiger partial charge in [0.05, 0.1) is 0 Å². The quantitative estimate of drug-likeness (QED) is 0.815. The van der Waals surface area contributed by atoms with Gasteiger partial charge in [0.25, 0.3) is 0 Å². The molecule has 0 aromatic carbocycles. The predicted molar refractivity (Wildman–Crippen MR) is 74.8 cm³/mol. The fraction of sp³-hybridized carbons (Fsp3) is 0.938. The van der Waals surface area contributed by atoms with E-state index in [1.54, 1.807) is 0 Å². The smallest absolute Gasteiger partial charge is 0.317 e. The number of hydrogen-bond donors (Lipinski definition) is 1. The predicted octanol–water partition coefficient (Wildman–Crippen LogP) is 3.01. The normalized spacial score (nSPS) is 43.9. The molecule has 5 atom stereocenters. The maximum Gasteiger partial charge on any atom is 0.317 e. The summed E-state index contributed by atoms with van der Waals surface area (Å²) in [5, 5.41) is 3.36. The molecule has 0 radical (unpaired) electrons. The first-order valence-electron chi connectivity index (χ1n) is 8.27. The summed E-state index contributed by atoms with van der Waals surface area (Å²) in [6.45, 7) is 0. The minimum Gasteiger partial charge on any atom is -0.335 e. The van der Waals surface area contributed by atoms with Gasteiger partial charge in [-0.25, -0.2) is 4.79 Å². The SMILES string of the molecule is CN(C(=O)N[C@@H]1C[C@H]2C[C@H]1[C@H]1CCC[C@@H]21)C1CCC1. The summed E-state index contributed by atoms with van der Waals surface area (Å²) in [6.07, 6.45) is 10.7. The Kier molecular flexibility index (Phi) is 2.78. The van der Waals surface area contributed by atoms with E-state index in [2.05, 4.69) is 5.32 Å². The highest BCUT2D eigenvalue weighted by Crippen LogP contribution is 2.58. The average Bonchev–Trinajstić information content (AvgIpc) is 2.97. The zero-order chi connectivity index (χ0) is 13.0. The lowest BCUT2D eigenvalue weighted by molar-refractivity contribution is 0.143. The largest absolute Gasteiger partial charge is 0.335 e. The number of nitrogens with one attached hydrogen (secondary N) is 1. The van der Waals surface area contributed by atoms with Gasteiger partial charge in [-0.15, -0.1) is 0 Å². The summed E-state index contributed by atoms with van der Waals surface area (Å²) in [5.41, 5.74) is 0. The highest BCUT2D eigenvalue weighted by molar-refractivity contribution is 5.74. The van der Waals surface area contributed by atoms with E-state index in [1.807, 2.05) is 11.9 Å². The Morgan fingerprint density at radius 1 is 1.00 bits per heavy atom. The van der Waals surface area contributed by atoms with Crippen LogP contribution in [0.15, 0.2) is 0 Å². The van der Waals surface area contributed by atoms with Crippen molar-refractivity contribution in [3.63, 3.8) is 0 Å². The Hall–Kier alpha value is -0.730. The van der Waals surface area contributed by atoms with Crippen molar-refractivity contribution in [3.05, 3.63) is 0 Å². The molecule has 106 valence electrons. The maximum absolute atomic E-state index is 12.3. The van der Waals surface area contributed by atoms with Gasteiger partial charge >= 0.3 is 6.03 Å². The van der Waals surface area contributed by atoms with E-state index in [0.29, 0.717) is 12.1 Å². The molecule has 0 heterocycles. The van der Waals surface area contributed by atoms with Crippen molar-refractivity contribution >= 4 is 6.03 Å². The van der Waals surface area contributed by atoms with Crippen LogP contribution in [0.5, 0.6) is 0 Å². The van der Waals surface area contributed by atoms with Crippen molar-refractivity contribution < 1.29 is 4.79 Å². The van der Waals surface area contributed by atoms with Gasteiger partial charge in [0.2, 0.25) is 0 Å². The molecular weight excluding hydrogens is 236 g/mol. The van der Waals surface area contributed by atoms with E-state index >= 15 is 0 Å². The van der Waals surface area contributed by atoms with Crippen molar-refractivity contribution in [1.82, 2.24) is 10.2 Å². The maximum atomic E-state index is 12.3. The van der Waals surface area contributed by atoms with Crippen LogP contribution in [0.25, 0.3) is 0 Å². The van der Waals surface area contributed by atoms with Gasteiger partial charge in [-0.3, -0.25) is 0 Å². The van der Waals surface area contributed by atoms with Crippen molar-refractivity contribution in [2.45, 2.75) is 63.5 Å². The molecule has 4 fully saturated rings. The van der Waals surface area contributed by atoms with Gasteiger partial charge in [-0.1, -0.05) is 6.42 Å². The van der Waals surface area contributed by atoms with Crippen LogP contribution in [-0.2, 0) is 0 Å². The second kappa shape index (κ2) is 4.39. The third-order valence-electron chi connectivity index (χ3n) is 6.68. The Balaban J connectivity index is 1.37. The highest BCUT2D eigenvalue weighted by Gasteiger charge is 2.54. The van der Waals surface area contributed by atoms with Gasteiger partial charge in [0.1, 0.15) is 0 Å². The Morgan fingerprint density at radius 3 is 2.47 bits per heavy atom. The van der Waals surface area contributed by atoms with Crippen LogP contribution in [0.2, 0.25) is 0 Å². The molecule has 0 aliphatic heterocycles. The molecule has 4 rings (SSSR count). The number of fused-ring (bicyclic) bond motifs is 5. The highest BCUT2D eigenvalue weighted by atomic mass is 16.2. The number of hydrogen-bond acceptors (Lipinski definition) is 1. The van der Waals surface area contributed by atoms with Crippen molar-refractivity contribution in [2.75, 3.05) is 7.05 Å². The van der Waals surface area contributed by atoms with Crippen LogP contribution in [0, 0.1) is 23.7 Å². The Labute approximate surface area is 116 Å². The third kappa shape index (κ3) is 1.80. The molecule has 2 bridgehead atoms. The number of carbonyl (C=O) groups is 1. The minimum atomic E-state index is 0.191. The van der Waals surface area contributed by atoms with Crippen LogP contribution in [0.1, 0.15) is 51.4 Å². The molecule has 0 aromatic heterocycles. The molecule has 4 aliphatic carbocycles. The lowest BCUT2D eigenvalue weighted by Crippen LogP contribution is -2.51. The molecule has 4 aliphatic rings. The van der Waals surface area contributed by atoms with Crippen LogP contribution in [-0.4, -0.2) is 30.1 Å². The first-order valence-corrected chi connectivity index (χ1v) is 8.27. The average molecular weight is 262 g/mol. The number of nitrogens with zero attached hydrogens (tertiary/aromatic N) is 1. The van der Waals surface area contributed by atoms with Crippen LogP contribution in [0.4, 0.5) is 4.79 Å². The number of urea groups is 1. The second-order valence-corrected chi connectivity index (χ2v) is 7.41. The summed E-state index contributed by atoms with van der Waals surface area (Å²) in [6, 6.07) is 1.19. The van der Waals surface area contributed by atoms with E-state index in [4.69, 9.17) is 0 Å². The monoisotopic (exact) mass is 262 g/mol. The molecule has 3 nitrogen and oxygen atoms in total. The van der Waals surface area contributed by atoms with Gasteiger partial charge in [-0.2, -0.15) is 0 Å². The molecular formula is C16H26N2O. The zero-order valence-corrected chi connectivity index (χ0v) is 12.0. The summed E-state index contributed by atoms with van der Waals surface area (Å²) in [4.78, 5) is 14.3. The topological polar surface area (TPSA) is 32.3 Å². The van der Waals surface area contributed by atoms with Gasteiger partial charge in [0, 0.05) is 19.1 Å². The molecule has 0 saturated heterocycles. The van der Waals surface area contributed by atoms with Crippen LogP contribution < -0.4 is 5.32 Å². The zero-order valence-electron chi connectivity index (χ0n) is 12.0. The van der Waals surface area contributed by atoms with E-state index < -0.39 is 0 Å². The summed E-state index contributed by atoms with van der Waals surface area (Å²) in [5.74, 6) is 3.69. The molecule has 1 N–H and O–H groups in total. The minimum absolute atomic E-state index is 0.191. The molecule has 19 heavy (non-hydrogen) atoms. The fourth-order valence-corrected chi connectivity index (χ4v) is 5.43. The van der Waals surface area contributed by atoms with Crippen molar-refractivity contribution in [3.8, 4) is 0 Å². The van der Waals surface area contributed by atoms with Gasteiger partial charge in [0.15, 0.2) is 0 Å². The van der Waals surface area contributed by atoms with E-state index in [0.717, 1.165) is 23.7 Å². The standard InChI is InChI=1S/C16H26N2O/c1-18(11-4-2-5-11)16(19)17-15-9-10-8-14(15)13-7-3-6-12(10)13/h10-15H,2-9H2,1H3,(H,17,19)/t10-,12+,13+,14+,15-/m1/s1. The van der Waals surface area contributed by atoms with Crippen LogP contribution >= 0.6 is 0 Å². The Morgan fingerprint density at radius 2 is 1.74 bits per heavy atom. The number of amides is 2. The summed E-state index contributed by atoms with van der Waals surface area (Å²) < 4.78 is 0. The lowest BCUT2D eigenvalue weighted by atomic mass is 9.79. The van der Waals surface area contributed by atoms with E-state index in [1.165, 1.54) is 51.4 Å². The molecule has 0 unspecified atom stereocenters. The molecule has 0 spiro atoms. The molecule has 2 amide bonds. The van der Waals surface area contributed by atoms with Gasteiger partial charge < -0.3 is 10.2 Å². The number of carbonyl (C=O) groups excluding carboxylic acids is 1. The number of rotatable bonds is 2. The van der Waals surface area contributed by atoms with Crippen molar-refractivity contribution in [2.24, 2.45) is 23.7 Å². The summed E-state index contributed by atoms with van der Waals surface area (Å²) >= 11 is 0. The first kappa shape index (κ1) is 12.0. The molecule has 0 aromatic rings. The Bertz CT molecular complexity index is 379. The summed E-state index contributed by atoms with van der Waals surface area (Å²) in [7, 11) is 1.98. The van der Waals surface area contributed by atoms with E-state index in [-0.39, 0.29) is 6.03 Å². The van der Waals surface area contributed by atoms with E-state index in [9.17, 15) is 4.79 Å². The second-order valence-electron chi connectivity index (χ2n) is 7.41.